The van der Waals surface area contributed by atoms with Crippen LogP contribution < -0.4 is 0 Å². The summed E-state index contributed by atoms with van der Waals surface area (Å²) in [6.07, 6.45) is 18.1. The summed E-state index contributed by atoms with van der Waals surface area (Å²) in [6.45, 7) is 3.62. The Hall–Kier alpha value is -0.130. The van der Waals surface area contributed by atoms with E-state index in [0.717, 1.165) is 4.48 Å². The van der Waals surface area contributed by atoms with Crippen molar-refractivity contribution in [2.24, 2.45) is 0 Å². The number of unbranched alkanes of at least 4 members (excludes halogenated alkanes) is 11. The molecule has 0 heterocycles. The molecular weight excluding hydrogens is 310 g/mol. The van der Waals surface area contributed by atoms with E-state index < -0.39 is 10.1 Å². The Morgan fingerprint density at radius 2 is 0.957 bits per heavy atom. The highest BCUT2D eigenvalue weighted by molar-refractivity contribution is 7.85. The van der Waals surface area contributed by atoms with Gasteiger partial charge in [-0.15, -0.1) is 0 Å². The zero-order chi connectivity index (χ0) is 18.2. The molecule has 0 aliphatic rings. The van der Waals surface area contributed by atoms with Gasteiger partial charge >= 0.3 is 0 Å². The van der Waals surface area contributed by atoms with Gasteiger partial charge in [-0.1, -0.05) is 71.1 Å². The highest BCUT2D eigenvalue weighted by atomic mass is 32.2. The summed E-state index contributed by atoms with van der Waals surface area (Å²) in [4.78, 5) is 0. The number of quaternary nitrogens is 1. The van der Waals surface area contributed by atoms with Crippen LogP contribution in [0.25, 0.3) is 0 Å². The molecule has 4 nitrogen and oxygen atoms in total. The summed E-state index contributed by atoms with van der Waals surface area (Å²) in [5.74, 6) is 0. The van der Waals surface area contributed by atoms with Crippen LogP contribution in [0.15, 0.2) is 0 Å². The van der Waals surface area contributed by atoms with Crippen molar-refractivity contribution in [2.45, 2.75) is 84.0 Å². The second-order valence-corrected chi connectivity index (χ2v) is 9.10. The summed E-state index contributed by atoms with van der Waals surface area (Å²) in [5, 5.41) is 0. The minimum Gasteiger partial charge on any atom is -0.331 e. The van der Waals surface area contributed by atoms with Crippen LogP contribution in [0.3, 0.4) is 0 Å². The molecule has 0 aliphatic carbocycles. The fourth-order valence-corrected chi connectivity index (χ4v) is 2.43. The lowest BCUT2D eigenvalue weighted by atomic mass is 10.1. The monoisotopic (exact) mass is 352 g/mol. The molecule has 142 valence electrons. The van der Waals surface area contributed by atoms with E-state index in [1.807, 2.05) is 0 Å². The van der Waals surface area contributed by atoms with E-state index in [1.54, 1.807) is 0 Å². The topological polar surface area (TPSA) is 54.4 Å². The van der Waals surface area contributed by atoms with Crippen LogP contribution in [-0.4, -0.2) is 51.4 Å². The van der Waals surface area contributed by atoms with Gasteiger partial charge in [0.1, 0.15) is 0 Å². The summed E-state index contributed by atoms with van der Waals surface area (Å²) in [6, 6.07) is 0. The molecule has 0 aromatic carbocycles. The van der Waals surface area contributed by atoms with Crippen LogP contribution in [-0.2, 0) is 10.1 Å². The first-order valence-electron chi connectivity index (χ1n) is 9.29. The third kappa shape index (κ3) is 39.1. The highest BCUT2D eigenvalue weighted by Gasteiger charge is 2.04. The van der Waals surface area contributed by atoms with Gasteiger partial charge in [-0.25, -0.2) is 0 Å². The lowest BCUT2D eigenvalue weighted by molar-refractivity contribution is -0.870. The molecule has 1 N–H and O–H groups in total. The van der Waals surface area contributed by atoms with Gasteiger partial charge in [0, 0.05) is 0 Å². The van der Waals surface area contributed by atoms with Crippen molar-refractivity contribution < 1.29 is 17.5 Å². The predicted octanol–water partition coefficient (Wildman–Crippen LogP) is 4.90. The number of rotatable bonds is 13. The molecule has 0 unspecified atom stereocenters. The normalized spacial score (nSPS) is 11.9. The van der Waals surface area contributed by atoms with Gasteiger partial charge in [-0.05, 0) is 12.8 Å². The first kappa shape index (κ1) is 25.1. The van der Waals surface area contributed by atoms with Crippen molar-refractivity contribution in [3.63, 3.8) is 0 Å². The smallest absolute Gasteiger partial charge is 0.261 e. The summed E-state index contributed by atoms with van der Waals surface area (Å²) in [5.41, 5.74) is 0. The summed E-state index contributed by atoms with van der Waals surface area (Å²) >= 11 is 0. The van der Waals surface area contributed by atoms with E-state index in [0.29, 0.717) is 6.26 Å². The average molecular weight is 353 g/mol. The number of hydrogen-bond acceptors (Lipinski definition) is 2. The molecule has 0 aliphatic heterocycles. The molecule has 0 saturated carbocycles. The van der Waals surface area contributed by atoms with Crippen molar-refractivity contribution in [2.75, 3.05) is 33.9 Å². The summed E-state index contributed by atoms with van der Waals surface area (Å²) < 4.78 is 27.0. The molecule has 0 radical (unpaired) electrons. The van der Waals surface area contributed by atoms with Crippen LogP contribution in [0.1, 0.15) is 84.0 Å². The van der Waals surface area contributed by atoms with Gasteiger partial charge < -0.3 is 4.48 Å². The zero-order valence-electron chi connectivity index (χ0n) is 16.3. The molecule has 0 rings (SSSR count). The van der Waals surface area contributed by atoms with Crippen molar-refractivity contribution in [3.8, 4) is 0 Å². The van der Waals surface area contributed by atoms with Gasteiger partial charge in [-0.2, -0.15) is 8.42 Å². The van der Waals surface area contributed by atoms with E-state index >= 15 is 0 Å². The minimum absolute atomic E-state index is 0.715. The number of nitrogens with zero attached hydrogens (tertiary/aromatic N) is 1. The van der Waals surface area contributed by atoms with Crippen molar-refractivity contribution in [1.29, 1.82) is 0 Å². The van der Waals surface area contributed by atoms with Crippen LogP contribution in [0, 0.1) is 0 Å². The largest absolute Gasteiger partial charge is 0.331 e. The van der Waals surface area contributed by atoms with Crippen molar-refractivity contribution >= 4 is 10.1 Å². The molecule has 0 amide bonds. The molecule has 0 aromatic heterocycles. The third-order valence-electron chi connectivity index (χ3n) is 3.68. The molecule has 0 aromatic rings. The predicted molar refractivity (Wildman–Crippen MR) is 101 cm³/mol. The molecule has 5 heteroatoms. The fourth-order valence-electron chi connectivity index (χ4n) is 2.43. The van der Waals surface area contributed by atoms with Crippen molar-refractivity contribution in [3.05, 3.63) is 0 Å². The van der Waals surface area contributed by atoms with Crippen LogP contribution in [0.5, 0.6) is 0 Å². The lowest BCUT2D eigenvalue weighted by Gasteiger charge is -2.23. The summed E-state index contributed by atoms with van der Waals surface area (Å²) in [7, 11) is 3.20. The Morgan fingerprint density at radius 1 is 0.696 bits per heavy atom. The van der Waals surface area contributed by atoms with Crippen molar-refractivity contribution in [1.82, 2.24) is 0 Å². The second-order valence-electron chi connectivity index (χ2n) is 7.64. The van der Waals surface area contributed by atoms with Gasteiger partial charge in [0.2, 0.25) is 0 Å². The van der Waals surface area contributed by atoms with Gasteiger partial charge in [0.05, 0.1) is 33.9 Å². The van der Waals surface area contributed by atoms with E-state index in [4.69, 9.17) is 4.55 Å². The SMILES string of the molecule is CCCCCCCCCCCCCC[N+](C)(C)C.CS(=O)(=O)O. The zero-order valence-corrected chi connectivity index (χ0v) is 17.1. The van der Waals surface area contributed by atoms with E-state index in [2.05, 4.69) is 28.1 Å². The van der Waals surface area contributed by atoms with Gasteiger partial charge in [0.25, 0.3) is 10.1 Å². The molecule has 0 spiro atoms. The fraction of sp³-hybridized carbons (Fsp3) is 1.00. The first-order chi connectivity index (χ1) is 10.6. The molecule has 0 saturated heterocycles. The Balaban J connectivity index is 0. The molecule has 0 fully saturated rings. The average Bonchev–Trinajstić information content (AvgIpc) is 2.37. The highest BCUT2D eigenvalue weighted by Crippen LogP contribution is 2.12. The van der Waals surface area contributed by atoms with E-state index in [1.165, 1.54) is 83.6 Å². The lowest BCUT2D eigenvalue weighted by Crippen LogP contribution is -2.35. The maximum Gasteiger partial charge on any atom is 0.261 e. The Bertz CT molecular complexity index is 327. The minimum atomic E-state index is -3.67. The van der Waals surface area contributed by atoms with Gasteiger partial charge in [-0.3, -0.25) is 4.55 Å². The Morgan fingerprint density at radius 3 is 1.22 bits per heavy atom. The molecule has 0 atom stereocenters. The van der Waals surface area contributed by atoms with E-state index in [-0.39, 0.29) is 0 Å². The van der Waals surface area contributed by atoms with Gasteiger partial charge in [0.15, 0.2) is 0 Å². The Kier molecular flexibility index (Phi) is 16.8. The maximum absolute atomic E-state index is 9.19. The quantitative estimate of drug-likeness (QED) is 0.291. The Labute approximate surface area is 146 Å². The molecule has 0 bridgehead atoms. The molecular formula is C18H42NO3S+. The third-order valence-corrected chi connectivity index (χ3v) is 3.68. The van der Waals surface area contributed by atoms with Crippen LogP contribution in [0.4, 0.5) is 0 Å². The maximum atomic E-state index is 9.19. The van der Waals surface area contributed by atoms with Crippen LogP contribution >= 0.6 is 0 Å². The molecule has 23 heavy (non-hydrogen) atoms. The second kappa shape index (κ2) is 15.4. The number of hydrogen-bond donors (Lipinski definition) is 1. The first-order valence-corrected chi connectivity index (χ1v) is 11.1. The van der Waals surface area contributed by atoms with Crippen LogP contribution in [0.2, 0.25) is 0 Å². The standard InChI is InChI=1S/C17H38N.CH4O3S/c1-5-6-7-8-9-10-11-12-13-14-15-16-17-18(2,3)4;1-5(2,3)4/h5-17H2,1-4H3;1H3,(H,2,3,4)/q+1;. The van der Waals surface area contributed by atoms with E-state index in [9.17, 15) is 8.42 Å².